The first-order chi connectivity index (χ1) is 12.3. The van der Waals surface area contributed by atoms with Gasteiger partial charge in [-0.2, -0.15) is 0 Å². The first-order valence-electron chi connectivity index (χ1n) is 8.44. The number of anilines is 2. The van der Waals surface area contributed by atoms with Crippen molar-refractivity contribution in [2.24, 2.45) is 0 Å². The topological polar surface area (TPSA) is 49.6 Å². The van der Waals surface area contributed by atoms with Gasteiger partial charge in [-0.05, 0) is 30.7 Å². The quantitative estimate of drug-likeness (QED) is 0.556. The molecule has 126 valence electrons. The van der Waals surface area contributed by atoms with Gasteiger partial charge >= 0.3 is 0 Å². The van der Waals surface area contributed by atoms with Crippen LogP contribution in [0.2, 0.25) is 0 Å². The van der Waals surface area contributed by atoms with Crippen LogP contribution in [-0.4, -0.2) is 45.8 Å². The van der Waals surface area contributed by atoms with E-state index < -0.39 is 0 Å². The molecule has 0 N–H and O–H groups in total. The Morgan fingerprint density at radius 3 is 2.68 bits per heavy atom. The number of para-hydroxylation sites is 1. The van der Waals surface area contributed by atoms with E-state index in [0.29, 0.717) is 0 Å². The predicted octanol–water partition coefficient (Wildman–Crippen LogP) is 2.97. The summed E-state index contributed by atoms with van der Waals surface area (Å²) in [5, 5.41) is 5.78. The molecule has 1 fully saturated rings. The van der Waals surface area contributed by atoms with Crippen LogP contribution in [0.25, 0.3) is 15.9 Å². The second kappa shape index (κ2) is 5.70. The van der Waals surface area contributed by atoms with Gasteiger partial charge in [-0.25, -0.2) is 14.5 Å². The van der Waals surface area contributed by atoms with Gasteiger partial charge in [0.05, 0.1) is 10.2 Å². The average Bonchev–Trinajstić information content (AvgIpc) is 3.28. The summed E-state index contributed by atoms with van der Waals surface area (Å²) >= 11 is 1.79. The van der Waals surface area contributed by atoms with Crippen molar-refractivity contribution in [2.75, 3.05) is 36.0 Å². The van der Waals surface area contributed by atoms with Crippen molar-refractivity contribution in [3.05, 3.63) is 48.3 Å². The van der Waals surface area contributed by atoms with Crippen LogP contribution in [0, 0.1) is 6.92 Å². The van der Waals surface area contributed by atoms with Crippen molar-refractivity contribution in [1.82, 2.24) is 19.6 Å². The molecule has 0 saturated carbocycles. The van der Waals surface area contributed by atoms with Gasteiger partial charge in [0.25, 0.3) is 0 Å². The highest BCUT2D eigenvalue weighted by Crippen LogP contribution is 2.31. The summed E-state index contributed by atoms with van der Waals surface area (Å²) in [6.45, 7) is 5.94. The number of thiazole rings is 1. The summed E-state index contributed by atoms with van der Waals surface area (Å²) in [6, 6.07) is 10.5. The second-order valence-corrected chi connectivity index (χ2v) is 7.32. The average molecular weight is 350 g/mol. The number of hydrogen-bond donors (Lipinski definition) is 0. The molecule has 0 radical (unpaired) electrons. The van der Waals surface area contributed by atoms with Gasteiger partial charge in [-0.3, -0.25) is 0 Å². The second-order valence-electron chi connectivity index (χ2n) is 6.31. The molecule has 25 heavy (non-hydrogen) atoms. The van der Waals surface area contributed by atoms with E-state index in [9.17, 15) is 0 Å². The Bertz CT molecular complexity index is 1040. The van der Waals surface area contributed by atoms with Gasteiger partial charge < -0.3 is 9.80 Å². The van der Waals surface area contributed by atoms with Crippen LogP contribution < -0.4 is 9.80 Å². The molecule has 6 nitrogen and oxygen atoms in total. The number of rotatable bonds is 2. The maximum Gasteiger partial charge on any atom is 0.186 e. The summed E-state index contributed by atoms with van der Waals surface area (Å²) in [7, 11) is 0. The van der Waals surface area contributed by atoms with Crippen LogP contribution in [0.5, 0.6) is 0 Å². The Morgan fingerprint density at radius 1 is 1.00 bits per heavy atom. The van der Waals surface area contributed by atoms with Crippen molar-refractivity contribution in [1.29, 1.82) is 0 Å². The maximum atomic E-state index is 4.87. The fraction of sp³-hybridized carbons (Fsp3) is 0.278. The van der Waals surface area contributed by atoms with E-state index in [1.54, 1.807) is 17.5 Å². The van der Waals surface area contributed by atoms with Gasteiger partial charge in [-0.1, -0.05) is 23.5 Å². The number of benzene rings is 1. The number of fused-ring (bicyclic) bond motifs is 2. The molecule has 0 atom stereocenters. The molecule has 0 bridgehead atoms. The van der Waals surface area contributed by atoms with E-state index in [4.69, 9.17) is 4.98 Å². The zero-order valence-corrected chi connectivity index (χ0v) is 14.8. The van der Waals surface area contributed by atoms with Crippen molar-refractivity contribution < 1.29 is 0 Å². The lowest BCUT2D eigenvalue weighted by atomic mass is 10.2. The van der Waals surface area contributed by atoms with Crippen LogP contribution in [0.3, 0.4) is 0 Å². The minimum Gasteiger partial charge on any atom is -0.352 e. The number of aryl methyl sites for hydroxylation is 1. The lowest BCUT2D eigenvalue weighted by molar-refractivity contribution is 0.641. The van der Waals surface area contributed by atoms with Crippen LogP contribution in [0.15, 0.2) is 42.7 Å². The molecule has 0 spiro atoms. The maximum absolute atomic E-state index is 4.87. The van der Waals surface area contributed by atoms with Crippen molar-refractivity contribution >= 4 is 38.2 Å². The minimum absolute atomic E-state index is 0.882. The van der Waals surface area contributed by atoms with Crippen LogP contribution in [0.4, 0.5) is 10.9 Å². The summed E-state index contributed by atoms with van der Waals surface area (Å²) in [5.74, 6) is 1.00. The molecular formula is C18H18N6S. The largest absolute Gasteiger partial charge is 0.352 e. The fourth-order valence-electron chi connectivity index (χ4n) is 3.31. The Hall–Kier alpha value is -2.67. The van der Waals surface area contributed by atoms with Crippen molar-refractivity contribution in [2.45, 2.75) is 6.92 Å². The summed E-state index contributed by atoms with van der Waals surface area (Å²) in [5.41, 5.74) is 3.26. The Kier molecular flexibility index (Phi) is 3.34. The van der Waals surface area contributed by atoms with Crippen molar-refractivity contribution in [3.8, 4) is 0 Å². The molecular weight excluding hydrogens is 332 g/mol. The van der Waals surface area contributed by atoms with Gasteiger partial charge in [0.1, 0.15) is 5.82 Å². The fourth-order valence-corrected chi connectivity index (χ4v) is 4.41. The molecule has 1 aliphatic rings. The Labute approximate surface area is 149 Å². The van der Waals surface area contributed by atoms with Gasteiger partial charge in [0, 0.05) is 38.6 Å². The summed E-state index contributed by atoms with van der Waals surface area (Å²) in [6.07, 6.45) is 3.66. The third-order valence-electron chi connectivity index (χ3n) is 4.72. The molecule has 1 aliphatic heterocycles. The number of hydrogen-bond acceptors (Lipinski definition) is 6. The molecule has 5 rings (SSSR count). The number of imidazole rings is 1. The van der Waals surface area contributed by atoms with Crippen LogP contribution in [-0.2, 0) is 0 Å². The van der Waals surface area contributed by atoms with E-state index >= 15 is 0 Å². The third-order valence-corrected chi connectivity index (χ3v) is 5.81. The highest BCUT2D eigenvalue weighted by molar-refractivity contribution is 7.22. The van der Waals surface area contributed by atoms with Crippen LogP contribution in [0.1, 0.15) is 5.56 Å². The Morgan fingerprint density at radius 2 is 1.84 bits per heavy atom. The van der Waals surface area contributed by atoms with E-state index in [2.05, 4.69) is 51.1 Å². The molecule has 4 heterocycles. The molecule has 0 amide bonds. The normalized spacial score (nSPS) is 15.4. The molecule has 4 aromatic rings. The molecule has 0 unspecified atom stereocenters. The smallest absolute Gasteiger partial charge is 0.186 e. The standard InChI is InChI=1S/C18H18N6S/c1-13-3-2-4-14-17(13)20-18(25-14)23-11-9-22(10-12-23)16-6-5-15-19-7-8-24(15)21-16/h2-8H,9-12H2,1H3. The highest BCUT2D eigenvalue weighted by atomic mass is 32.1. The monoisotopic (exact) mass is 350 g/mol. The predicted molar refractivity (Wildman–Crippen MR) is 102 cm³/mol. The van der Waals surface area contributed by atoms with Crippen molar-refractivity contribution in [3.63, 3.8) is 0 Å². The molecule has 3 aromatic heterocycles. The molecule has 7 heteroatoms. The zero-order valence-electron chi connectivity index (χ0n) is 14.0. The SMILES string of the molecule is Cc1cccc2sc(N3CCN(c4ccc5nccn5n4)CC3)nc12. The molecule has 1 saturated heterocycles. The van der Waals surface area contributed by atoms with Gasteiger partial charge in [0.15, 0.2) is 10.8 Å². The number of aromatic nitrogens is 4. The molecule has 1 aromatic carbocycles. The third kappa shape index (κ3) is 2.51. The number of nitrogens with zero attached hydrogens (tertiary/aromatic N) is 6. The van der Waals surface area contributed by atoms with Gasteiger partial charge in [-0.15, -0.1) is 5.10 Å². The van der Waals surface area contributed by atoms with Gasteiger partial charge in [0.2, 0.25) is 0 Å². The number of piperazine rings is 1. The van der Waals surface area contributed by atoms with Crippen LogP contribution >= 0.6 is 11.3 Å². The van der Waals surface area contributed by atoms with E-state index in [1.807, 2.05) is 16.8 Å². The van der Waals surface area contributed by atoms with E-state index in [1.165, 1.54) is 10.3 Å². The molecule has 0 aliphatic carbocycles. The summed E-state index contributed by atoms with van der Waals surface area (Å²) < 4.78 is 3.10. The first-order valence-corrected chi connectivity index (χ1v) is 9.26. The Balaban J connectivity index is 1.35. The highest BCUT2D eigenvalue weighted by Gasteiger charge is 2.21. The van der Waals surface area contributed by atoms with E-state index in [-0.39, 0.29) is 0 Å². The summed E-state index contributed by atoms with van der Waals surface area (Å²) in [4.78, 5) is 13.8. The minimum atomic E-state index is 0.882. The van der Waals surface area contributed by atoms with E-state index in [0.717, 1.165) is 48.3 Å². The first kappa shape index (κ1) is 14.7. The lowest BCUT2D eigenvalue weighted by Gasteiger charge is -2.35. The lowest BCUT2D eigenvalue weighted by Crippen LogP contribution is -2.46. The zero-order chi connectivity index (χ0) is 16.8.